The van der Waals surface area contributed by atoms with Gasteiger partial charge in [0.25, 0.3) is 0 Å². The Hall–Kier alpha value is -2.89. The summed E-state index contributed by atoms with van der Waals surface area (Å²) in [7, 11) is 6.03. The maximum Gasteiger partial charge on any atom is 0.201 e. The van der Waals surface area contributed by atoms with Gasteiger partial charge < -0.3 is 19.5 Å². The van der Waals surface area contributed by atoms with Crippen LogP contribution in [0, 0.1) is 5.92 Å². The van der Waals surface area contributed by atoms with Crippen molar-refractivity contribution >= 4 is 30.0 Å². The van der Waals surface area contributed by atoms with Gasteiger partial charge in [-0.25, -0.2) is 0 Å². The zero-order chi connectivity index (χ0) is 20.5. The van der Waals surface area contributed by atoms with E-state index in [2.05, 4.69) is 11.8 Å². The van der Waals surface area contributed by atoms with Crippen molar-refractivity contribution < 1.29 is 14.6 Å². The number of benzene rings is 2. The zero-order valence-electron chi connectivity index (χ0n) is 16.5. The predicted octanol–water partition coefficient (Wildman–Crippen LogP) is 3.68. The monoisotopic (exact) mass is 389 g/mol. The molecule has 3 aromatic rings. The fraction of sp³-hybridized carbons (Fsp3) is 0.348. The molecule has 0 spiro atoms. The van der Waals surface area contributed by atoms with Gasteiger partial charge in [0.2, 0.25) is 5.75 Å². The first-order valence-electron chi connectivity index (χ1n) is 10.1. The smallest absolute Gasteiger partial charge is 0.201 e. The van der Waals surface area contributed by atoms with Crippen LogP contribution in [0.1, 0.15) is 32.6 Å². The lowest BCUT2D eigenvalue weighted by Crippen LogP contribution is -2.33. The molecule has 1 aromatic heterocycles. The number of fused-ring (bicyclic) bond motifs is 1. The van der Waals surface area contributed by atoms with Gasteiger partial charge in [-0.1, -0.05) is 19.8 Å². The lowest BCUT2D eigenvalue weighted by molar-refractivity contribution is 0.378. The van der Waals surface area contributed by atoms with Crippen LogP contribution in [0.25, 0.3) is 22.3 Å². The van der Waals surface area contributed by atoms with Gasteiger partial charge in [-0.15, -0.1) is 0 Å². The molecule has 0 bridgehead atoms. The van der Waals surface area contributed by atoms with Gasteiger partial charge in [0.05, 0.1) is 5.39 Å². The van der Waals surface area contributed by atoms with Gasteiger partial charge in [0.1, 0.15) is 13.6 Å². The molecule has 2 heterocycles. The highest BCUT2D eigenvalue weighted by atomic mass is 16.4. The topological polar surface area (TPSA) is 73.9 Å². The molecule has 29 heavy (non-hydrogen) atoms. The summed E-state index contributed by atoms with van der Waals surface area (Å²) in [5.74, 6) is 0.202. The van der Waals surface area contributed by atoms with E-state index in [-0.39, 0.29) is 27.9 Å². The molecule has 2 N–H and O–H groups in total. The Morgan fingerprint density at radius 2 is 1.79 bits per heavy atom. The molecule has 1 aliphatic rings. The molecule has 4 rings (SSSR count). The highest BCUT2D eigenvalue weighted by Crippen LogP contribution is 2.34. The van der Waals surface area contributed by atoms with Crippen molar-refractivity contribution in [1.29, 1.82) is 0 Å². The van der Waals surface area contributed by atoms with E-state index in [1.165, 1.54) is 37.8 Å². The van der Waals surface area contributed by atoms with Gasteiger partial charge >= 0.3 is 0 Å². The number of phenolic OH excluding ortho intramolecular Hbond substituents is 2. The first kappa shape index (κ1) is 19.4. The van der Waals surface area contributed by atoms with Crippen molar-refractivity contribution in [2.24, 2.45) is 5.92 Å². The van der Waals surface area contributed by atoms with Gasteiger partial charge in [0.15, 0.2) is 16.8 Å². The lowest BCUT2D eigenvalue weighted by Gasteiger charge is -2.33. The van der Waals surface area contributed by atoms with Crippen molar-refractivity contribution in [3.63, 3.8) is 0 Å². The Kier molecular flexibility index (Phi) is 5.26. The van der Waals surface area contributed by atoms with Crippen LogP contribution in [0.4, 0.5) is 5.69 Å². The number of aromatic hydroxyl groups is 2. The quantitative estimate of drug-likeness (QED) is 0.526. The van der Waals surface area contributed by atoms with Crippen LogP contribution in [0.5, 0.6) is 11.5 Å². The Morgan fingerprint density at radius 1 is 1.10 bits per heavy atom. The summed E-state index contributed by atoms with van der Waals surface area (Å²) in [6.07, 6.45) is 4.97. The van der Waals surface area contributed by atoms with Crippen molar-refractivity contribution in [3.05, 3.63) is 46.6 Å². The molecular formula is C23H24BNO4. The lowest BCUT2D eigenvalue weighted by atomic mass is 9.90. The summed E-state index contributed by atoms with van der Waals surface area (Å²) >= 11 is 0. The number of nitrogens with zero attached hydrogens (tertiary/aromatic N) is 1. The molecule has 2 radical (unpaired) electrons. The molecule has 2 aromatic carbocycles. The molecule has 0 aliphatic carbocycles. The summed E-state index contributed by atoms with van der Waals surface area (Å²) in [5, 5.41) is 19.9. The Morgan fingerprint density at radius 3 is 2.45 bits per heavy atom. The molecule has 0 atom stereocenters. The number of anilines is 1. The fourth-order valence-electron chi connectivity index (χ4n) is 4.17. The summed E-state index contributed by atoms with van der Waals surface area (Å²) in [6.45, 7) is 4.33. The standard InChI is InChI=1S/C23H24BNO4/c1-2-3-14-10-12-25(13-11-14)16-6-4-15(5-7-16)22-19(24)20(27)17-8-9-18(26)21(28)23(17)29-22/h4-9,14,26,28H,2-3,10-13H2,1H3. The number of phenols is 2. The van der Waals surface area contributed by atoms with Gasteiger partial charge in [-0.05, 0) is 60.6 Å². The SMILES string of the molecule is [B]c1c(-c2ccc(N3CCC(CCC)CC3)cc2)oc2c(O)c(O)ccc2c1=O. The Labute approximate surface area is 171 Å². The first-order chi connectivity index (χ1) is 14.0. The van der Waals surface area contributed by atoms with Crippen molar-refractivity contribution in [2.45, 2.75) is 32.6 Å². The third kappa shape index (κ3) is 3.59. The average molecular weight is 389 g/mol. The van der Waals surface area contributed by atoms with E-state index < -0.39 is 11.2 Å². The Balaban J connectivity index is 1.64. The summed E-state index contributed by atoms with van der Waals surface area (Å²) in [5.41, 5.74) is 1.26. The minimum atomic E-state index is -0.465. The van der Waals surface area contributed by atoms with E-state index in [1.807, 2.05) is 24.3 Å². The molecular weight excluding hydrogens is 365 g/mol. The average Bonchev–Trinajstić information content (AvgIpc) is 2.74. The number of piperidine rings is 1. The van der Waals surface area contributed by atoms with Crippen LogP contribution < -0.4 is 15.8 Å². The molecule has 0 amide bonds. The van der Waals surface area contributed by atoms with E-state index >= 15 is 0 Å². The van der Waals surface area contributed by atoms with E-state index in [9.17, 15) is 15.0 Å². The van der Waals surface area contributed by atoms with E-state index in [0.717, 1.165) is 24.7 Å². The molecule has 1 saturated heterocycles. The maximum absolute atomic E-state index is 12.6. The van der Waals surface area contributed by atoms with Crippen LogP contribution in [-0.2, 0) is 0 Å². The van der Waals surface area contributed by atoms with Crippen LogP contribution in [0.2, 0.25) is 0 Å². The summed E-state index contributed by atoms with van der Waals surface area (Å²) < 4.78 is 5.75. The largest absolute Gasteiger partial charge is 0.504 e. The molecule has 148 valence electrons. The van der Waals surface area contributed by atoms with Crippen LogP contribution >= 0.6 is 0 Å². The highest BCUT2D eigenvalue weighted by molar-refractivity contribution is 6.36. The van der Waals surface area contributed by atoms with Gasteiger partial charge in [0, 0.05) is 24.3 Å². The Bertz CT molecular complexity index is 1080. The fourth-order valence-corrected chi connectivity index (χ4v) is 4.17. The molecule has 1 fully saturated rings. The summed E-state index contributed by atoms with van der Waals surface area (Å²) in [4.78, 5) is 15.0. The van der Waals surface area contributed by atoms with E-state index in [0.29, 0.717) is 5.56 Å². The van der Waals surface area contributed by atoms with Crippen LogP contribution in [0.3, 0.4) is 0 Å². The minimum Gasteiger partial charge on any atom is -0.504 e. The minimum absolute atomic E-state index is 0.0179. The maximum atomic E-state index is 12.6. The number of hydrogen-bond donors (Lipinski definition) is 2. The van der Waals surface area contributed by atoms with Crippen molar-refractivity contribution in [2.75, 3.05) is 18.0 Å². The predicted molar refractivity (Wildman–Crippen MR) is 116 cm³/mol. The highest BCUT2D eigenvalue weighted by Gasteiger charge is 2.20. The second kappa shape index (κ2) is 7.86. The second-order valence-electron chi connectivity index (χ2n) is 7.75. The van der Waals surface area contributed by atoms with Crippen LogP contribution in [-0.4, -0.2) is 31.1 Å². The van der Waals surface area contributed by atoms with Crippen LogP contribution in [0.15, 0.2) is 45.6 Å². The second-order valence-corrected chi connectivity index (χ2v) is 7.75. The van der Waals surface area contributed by atoms with Gasteiger partial charge in [-0.2, -0.15) is 0 Å². The summed E-state index contributed by atoms with van der Waals surface area (Å²) in [6, 6.07) is 10.4. The number of rotatable bonds is 4. The molecule has 0 saturated carbocycles. The first-order valence-corrected chi connectivity index (χ1v) is 10.1. The third-order valence-electron chi connectivity index (χ3n) is 5.85. The molecule has 1 aliphatic heterocycles. The van der Waals surface area contributed by atoms with Gasteiger partial charge in [-0.3, -0.25) is 4.79 Å². The van der Waals surface area contributed by atoms with Crippen molar-refractivity contribution in [3.8, 4) is 22.8 Å². The third-order valence-corrected chi connectivity index (χ3v) is 5.85. The van der Waals surface area contributed by atoms with E-state index in [1.54, 1.807) is 0 Å². The van der Waals surface area contributed by atoms with Crippen molar-refractivity contribution in [1.82, 2.24) is 0 Å². The molecule has 6 heteroatoms. The molecule has 5 nitrogen and oxygen atoms in total. The van der Waals surface area contributed by atoms with E-state index in [4.69, 9.17) is 12.3 Å². The zero-order valence-corrected chi connectivity index (χ0v) is 16.5. The molecule has 0 unspecified atom stereocenters. The normalized spacial score (nSPS) is 15.1. The number of hydrogen-bond acceptors (Lipinski definition) is 5.